The topological polar surface area (TPSA) is 104 Å². The highest BCUT2D eigenvalue weighted by atomic mass is 16.5. The van der Waals surface area contributed by atoms with Crippen molar-refractivity contribution in [3.05, 3.63) is 24.2 Å². The van der Waals surface area contributed by atoms with Gasteiger partial charge in [-0.25, -0.2) is 0 Å². The second kappa shape index (κ2) is 10.2. The summed E-state index contributed by atoms with van der Waals surface area (Å²) in [5.41, 5.74) is 0. The molecule has 0 saturated carbocycles. The van der Waals surface area contributed by atoms with E-state index in [1.807, 2.05) is 12.1 Å². The molecule has 0 spiro atoms. The largest absolute Gasteiger partial charge is 0.468 e. The number of furan rings is 1. The van der Waals surface area contributed by atoms with E-state index in [2.05, 4.69) is 15.5 Å². The van der Waals surface area contributed by atoms with Crippen molar-refractivity contribution in [1.29, 1.82) is 0 Å². The molecule has 0 radical (unpaired) electrons. The van der Waals surface area contributed by atoms with Gasteiger partial charge in [-0.2, -0.15) is 0 Å². The van der Waals surface area contributed by atoms with Crippen LogP contribution in [0.25, 0.3) is 0 Å². The average Bonchev–Trinajstić information content (AvgIpc) is 3.38. The molecular weight excluding hydrogens is 364 g/mol. The molecule has 3 rings (SSSR count). The summed E-state index contributed by atoms with van der Waals surface area (Å²) in [5, 5.41) is 5.31. The van der Waals surface area contributed by atoms with Crippen molar-refractivity contribution in [3.8, 4) is 0 Å². The third kappa shape index (κ3) is 5.56. The number of hydrogen-bond donors (Lipinski definition) is 2. The maximum Gasteiger partial charge on any atom is 0.309 e. The predicted octanol–water partition coefficient (Wildman–Crippen LogP) is -0.102. The van der Waals surface area contributed by atoms with Crippen LogP contribution in [-0.2, 0) is 19.1 Å². The van der Waals surface area contributed by atoms with E-state index in [1.165, 1.54) is 0 Å². The Hall–Kier alpha value is -2.39. The smallest absolute Gasteiger partial charge is 0.309 e. The van der Waals surface area contributed by atoms with Crippen LogP contribution in [0.15, 0.2) is 22.8 Å². The lowest BCUT2D eigenvalue weighted by molar-refractivity contribution is -0.139. The standard InChI is InChI=1S/C19H28N4O5/c24-17-5-1-7-23(17)8-3-6-20-18(25)19(26)21-14-15(16-4-2-11-28-16)22-9-12-27-13-10-22/h2,4,11,15H,1,3,5-10,12-14H2,(H,20,25)(H,21,26)/t15-/m0/s1. The second-order valence-electron chi connectivity index (χ2n) is 6.98. The van der Waals surface area contributed by atoms with Crippen LogP contribution >= 0.6 is 0 Å². The molecule has 1 aromatic rings. The molecule has 0 bridgehead atoms. The Balaban J connectivity index is 1.40. The highest BCUT2D eigenvalue weighted by molar-refractivity contribution is 6.35. The molecule has 2 aliphatic heterocycles. The summed E-state index contributed by atoms with van der Waals surface area (Å²) in [7, 11) is 0. The van der Waals surface area contributed by atoms with Crippen LogP contribution in [0.1, 0.15) is 31.1 Å². The lowest BCUT2D eigenvalue weighted by Gasteiger charge is -2.33. The number of rotatable bonds is 8. The predicted molar refractivity (Wildman–Crippen MR) is 100 cm³/mol. The minimum absolute atomic E-state index is 0.142. The Bertz CT molecular complexity index is 657. The molecule has 0 unspecified atom stereocenters. The van der Waals surface area contributed by atoms with E-state index in [0.717, 1.165) is 31.8 Å². The van der Waals surface area contributed by atoms with Gasteiger partial charge in [0, 0.05) is 45.7 Å². The fourth-order valence-electron chi connectivity index (χ4n) is 3.54. The quantitative estimate of drug-likeness (QED) is 0.473. The third-order valence-electron chi connectivity index (χ3n) is 5.08. The van der Waals surface area contributed by atoms with Crippen molar-refractivity contribution in [3.63, 3.8) is 0 Å². The first kappa shape index (κ1) is 20.3. The van der Waals surface area contributed by atoms with Crippen LogP contribution in [0, 0.1) is 0 Å². The lowest BCUT2D eigenvalue weighted by Crippen LogP contribution is -2.46. The third-order valence-corrected chi connectivity index (χ3v) is 5.08. The summed E-state index contributed by atoms with van der Waals surface area (Å²) in [4.78, 5) is 39.7. The van der Waals surface area contributed by atoms with Crippen LogP contribution < -0.4 is 10.6 Å². The second-order valence-corrected chi connectivity index (χ2v) is 6.98. The van der Waals surface area contributed by atoms with Gasteiger partial charge in [-0.1, -0.05) is 0 Å². The van der Waals surface area contributed by atoms with Crippen molar-refractivity contribution in [2.24, 2.45) is 0 Å². The zero-order valence-corrected chi connectivity index (χ0v) is 16.0. The Morgan fingerprint density at radius 2 is 1.93 bits per heavy atom. The SMILES string of the molecule is O=C(NCCCN1CCCC1=O)C(=O)NC[C@@H](c1ccco1)N1CCOCC1. The van der Waals surface area contributed by atoms with Gasteiger partial charge >= 0.3 is 11.8 Å². The molecule has 9 nitrogen and oxygen atoms in total. The van der Waals surface area contributed by atoms with Crippen LogP contribution in [0.5, 0.6) is 0 Å². The van der Waals surface area contributed by atoms with E-state index in [1.54, 1.807) is 11.2 Å². The molecule has 9 heteroatoms. The zero-order chi connectivity index (χ0) is 19.8. The van der Waals surface area contributed by atoms with Gasteiger partial charge in [0.05, 0.1) is 25.5 Å². The summed E-state index contributed by atoms with van der Waals surface area (Å²) in [6.07, 6.45) is 3.73. The Morgan fingerprint density at radius 1 is 1.14 bits per heavy atom. The lowest BCUT2D eigenvalue weighted by atomic mass is 10.1. The van der Waals surface area contributed by atoms with Crippen molar-refractivity contribution in [2.75, 3.05) is 52.5 Å². The number of nitrogens with zero attached hydrogens (tertiary/aromatic N) is 2. The van der Waals surface area contributed by atoms with Crippen LogP contribution in [0.3, 0.4) is 0 Å². The first-order valence-corrected chi connectivity index (χ1v) is 9.84. The zero-order valence-electron chi connectivity index (χ0n) is 16.0. The van der Waals surface area contributed by atoms with Crippen LogP contribution in [0.4, 0.5) is 0 Å². The molecule has 3 amide bonds. The molecule has 2 N–H and O–H groups in total. The Labute approximate surface area is 164 Å². The summed E-state index contributed by atoms with van der Waals surface area (Å²) in [6, 6.07) is 3.53. The Morgan fingerprint density at radius 3 is 2.61 bits per heavy atom. The summed E-state index contributed by atoms with van der Waals surface area (Å²) in [5.74, 6) is -0.413. The minimum Gasteiger partial charge on any atom is -0.468 e. The first-order chi connectivity index (χ1) is 13.6. The number of morpholine rings is 1. The fraction of sp³-hybridized carbons (Fsp3) is 0.632. The molecule has 1 aromatic heterocycles. The van der Waals surface area contributed by atoms with Gasteiger partial charge in [0.15, 0.2) is 0 Å². The van der Waals surface area contributed by atoms with E-state index in [4.69, 9.17) is 9.15 Å². The summed E-state index contributed by atoms with van der Waals surface area (Å²) in [6.45, 7) is 4.77. The number of likely N-dealkylation sites (tertiary alicyclic amines) is 1. The number of hydrogen-bond acceptors (Lipinski definition) is 6. The maximum atomic E-state index is 12.1. The number of ether oxygens (including phenoxy) is 1. The van der Waals surface area contributed by atoms with Gasteiger partial charge < -0.3 is 24.7 Å². The van der Waals surface area contributed by atoms with Crippen LogP contribution in [-0.4, -0.2) is 80.0 Å². The Kier molecular flexibility index (Phi) is 7.44. The molecule has 2 saturated heterocycles. The molecule has 2 fully saturated rings. The van der Waals surface area contributed by atoms with Gasteiger partial charge in [-0.05, 0) is 25.0 Å². The number of carbonyl (C=O) groups is 3. The molecule has 1 atom stereocenters. The maximum absolute atomic E-state index is 12.1. The van der Waals surface area contributed by atoms with Crippen LogP contribution in [0.2, 0.25) is 0 Å². The highest BCUT2D eigenvalue weighted by Gasteiger charge is 2.26. The first-order valence-electron chi connectivity index (χ1n) is 9.84. The van der Waals surface area contributed by atoms with Crippen molar-refractivity contribution < 1.29 is 23.5 Å². The van der Waals surface area contributed by atoms with Gasteiger partial charge in [-0.3, -0.25) is 19.3 Å². The number of carbonyl (C=O) groups excluding carboxylic acids is 3. The van der Waals surface area contributed by atoms with Gasteiger partial charge in [0.2, 0.25) is 5.91 Å². The fourth-order valence-corrected chi connectivity index (χ4v) is 3.54. The van der Waals surface area contributed by atoms with Gasteiger partial charge in [0.1, 0.15) is 5.76 Å². The molecule has 154 valence electrons. The van der Waals surface area contributed by atoms with E-state index in [-0.39, 0.29) is 18.5 Å². The minimum atomic E-state index is -0.665. The molecule has 0 aromatic carbocycles. The van der Waals surface area contributed by atoms with E-state index in [9.17, 15) is 14.4 Å². The molecular formula is C19H28N4O5. The average molecular weight is 392 g/mol. The summed E-state index contributed by atoms with van der Waals surface area (Å²) < 4.78 is 10.9. The van der Waals surface area contributed by atoms with Crippen molar-refractivity contribution in [1.82, 2.24) is 20.4 Å². The van der Waals surface area contributed by atoms with E-state index < -0.39 is 11.8 Å². The molecule has 2 aliphatic rings. The van der Waals surface area contributed by atoms with Crippen molar-refractivity contribution in [2.45, 2.75) is 25.3 Å². The monoisotopic (exact) mass is 392 g/mol. The number of amides is 3. The number of nitrogens with one attached hydrogen (secondary N) is 2. The molecule has 28 heavy (non-hydrogen) atoms. The van der Waals surface area contributed by atoms with Gasteiger partial charge in [0.25, 0.3) is 0 Å². The summed E-state index contributed by atoms with van der Waals surface area (Å²) >= 11 is 0. The molecule has 0 aliphatic carbocycles. The van der Waals surface area contributed by atoms with E-state index in [0.29, 0.717) is 39.1 Å². The van der Waals surface area contributed by atoms with Crippen molar-refractivity contribution >= 4 is 17.7 Å². The van der Waals surface area contributed by atoms with Gasteiger partial charge in [-0.15, -0.1) is 0 Å². The molecule has 3 heterocycles. The van der Waals surface area contributed by atoms with E-state index >= 15 is 0 Å². The highest BCUT2D eigenvalue weighted by Crippen LogP contribution is 2.21. The normalized spacial score (nSPS) is 18.9.